The lowest BCUT2D eigenvalue weighted by Crippen LogP contribution is -2.31. The number of carbonyl (C=O) groups excluding carboxylic acids is 1. The normalized spacial score (nSPS) is 12.0. The van der Waals surface area contributed by atoms with Crippen LogP contribution >= 0.6 is 11.3 Å². The molecule has 1 amide bonds. The van der Waals surface area contributed by atoms with Crippen LogP contribution in [0.25, 0.3) is 10.6 Å². The number of thiazole rings is 1. The van der Waals surface area contributed by atoms with Gasteiger partial charge in [0.2, 0.25) is 0 Å². The van der Waals surface area contributed by atoms with Gasteiger partial charge >= 0.3 is 0 Å². The molecule has 0 spiro atoms. The first-order chi connectivity index (χ1) is 16.6. The molecule has 2 aromatic heterocycles. The van der Waals surface area contributed by atoms with Gasteiger partial charge in [-0.25, -0.2) is 9.67 Å². The summed E-state index contributed by atoms with van der Waals surface area (Å²) >= 11 is 1.23. The lowest BCUT2D eigenvalue weighted by Gasteiger charge is -2.24. The molecular formula is C26H34N4O4S. The van der Waals surface area contributed by atoms with Gasteiger partial charge in [0.1, 0.15) is 9.88 Å². The third kappa shape index (κ3) is 5.56. The zero-order chi connectivity index (χ0) is 25.9. The molecule has 1 atom stereocenters. The van der Waals surface area contributed by atoms with E-state index < -0.39 is 0 Å². The van der Waals surface area contributed by atoms with Crippen LogP contribution in [-0.4, -0.2) is 33.9 Å². The highest BCUT2D eigenvalue weighted by Crippen LogP contribution is 2.34. The molecule has 3 rings (SSSR count). The number of amides is 1. The van der Waals surface area contributed by atoms with Gasteiger partial charge < -0.3 is 14.8 Å². The summed E-state index contributed by atoms with van der Waals surface area (Å²) in [7, 11) is 1.62. The van der Waals surface area contributed by atoms with E-state index in [-0.39, 0.29) is 23.4 Å². The minimum Gasteiger partial charge on any atom is -0.490 e. The number of hydrogen-bond acceptors (Lipinski definition) is 7. The Kier molecular flexibility index (Phi) is 8.32. The van der Waals surface area contributed by atoms with Crippen molar-refractivity contribution in [2.45, 2.75) is 54.5 Å². The van der Waals surface area contributed by atoms with E-state index >= 15 is 0 Å². The number of aryl methyl sites for hydroxylation is 3. The molecule has 2 heterocycles. The molecule has 0 aliphatic carbocycles. The molecule has 3 aromatic rings. The Hall–Kier alpha value is -3.20. The van der Waals surface area contributed by atoms with E-state index in [0.29, 0.717) is 45.9 Å². The summed E-state index contributed by atoms with van der Waals surface area (Å²) in [6, 6.07) is 5.51. The van der Waals surface area contributed by atoms with Gasteiger partial charge in [-0.3, -0.25) is 9.59 Å². The third-order valence-corrected chi connectivity index (χ3v) is 7.00. The standard InChI is InChI=1S/C26H34N4O4S/c1-9-33-19-12-11-18(13-20(19)34-10-2)22(14(3)4)28-24(31)23-17(7)27-25(35-23)21-15(5)16(6)29-30(8)26(21)32/h11-14,22H,9-10H2,1-8H3,(H,28,31). The van der Waals surface area contributed by atoms with E-state index in [2.05, 4.69) is 29.2 Å². The average molecular weight is 499 g/mol. The molecule has 0 saturated heterocycles. The number of nitrogens with one attached hydrogen (secondary N) is 1. The highest BCUT2D eigenvalue weighted by Gasteiger charge is 2.25. The molecule has 0 aliphatic heterocycles. The molecule has 0 saturated carbocycles. The van der Waals surface area contributed by atoms with Crippen molar-refractivity contribution in [3.8, 4) is 22.1 Å². The van der Waals surface area contributed by atoms with Gasteiger partial charge in [-0.05, 0) is 63.8 Å². The van der Waals surface area contributed by atoms with Crippen LogP contribution in [0.4, 0.5) is 0 Å². The maximum atomic E-state index is 13.4. The molecule has 0 aliphatic rings. The summed E-state index contributed by atoms with van der Waals surface area (Å²) in [5.74, 6) is 1.23. The maximum Gasteiger partial charge on any atom is 0.277 e. The van der Waals surface area contributed by atoms with Crippen molar-refractivity contribution in [1.29, 1.82) is 0 Å². The Morgan fingerprint density at radius 2 is 1.74 bits per heavy atom. The highest BCUT2D eigenvalue weighted by atomic mass is 32.1. The van der Waals surface area contributed by atoms with Crippen LogP contribution in [0.5, 0.6) is 11.5 Å². The van der Waals surface area contributed by atoms with E-state index in [9.17, 15) is 9.59 Å². The first-order valence-corrected chi connectivity index (χ1v) is 12.6. The number of nitrogens with zero attached hydrogens (tertiary/aromatic N) is 3. The molecule has 0 bridgehead atoms. The lowest BCUT2D eigenvalue weighted by molar-refractivity contribution is 0.0929. The van der Waals surface area contributed by atoms with Crippen molar-refractivity contribution in [3.63, 3.8) is 0 Å². The van der Waals surface area contributed by atoms with Crippen LogP contribution in [0.3, 0.4) is 0 Å². The van der Waals surface area contributed by atoms with Crippen molar-refractivity contribution in [2.75, 3.05) is 13.2 Å². The Morgan fingerprint density at radius 1 is 1.09 bits per heavy atom. The quantitative estimate of drug-likeness (QED) is 0.457. The van der Waals surface area contributed by atoms with Gasteiger partial charge in [-0.1, -0.05) is 19.9 Å². The third-order valence-electron chi connectivity index (χ3n) is 5.82. The van der Waals surface area contributed by atoms with Crippen LogP contribution in [0.2, 0.25) is 0 Å². The van der Waals surface area contributed by atoms with Crippen molar-refractivity contribution < 1.29 is 14.3 Å². The van der Waals surface area contributed by atoms with Gasteiger partial charge in [0.15, 0.2) is 11.5 Å². The zero-order valence-electron chi connectivity index (χ0n) is 21.7. The van der Waals surface area contributed by atoms with E-state index in [1.807, 2.05) is 45.9 Å². The highest BCUT2D eigenvalue weighted by molar-refractivity contribution is 7.17. The molecule has 1 N–H and O–H groups in total. The molecule has 35 heavy (non-hydrogen) atoms. The minimum absolute atomic E-state index is 0.122. The van der Waals surface area contributed by atoms with Gasteiger partial charge in [-0.2, -0.15) is 5.10 Å². The van der Waals surface area contributed by atoms with E-state index in [1.165, 1.54) is 16.0 Å². The van der Waals surface area contributed by atoms with Gasteiger partial charge in [0.05, 0.1) is 36.2 Å². The summed E-state index contributed by atoms with van der Waals surface area (Å²) in [4.78, 5) is 31.2. The first-order valence-electron chi connectivity index (χ1n) is 11.8. The molecular weight excluding hydrogens is 464 g/mol. The van der Waals surface area contributed by atoms with E-state index in [0.717, 1.165) is 16.8 Å². The van der Waals surface area contributed by atoms with Gasteiger partial charge in [-0.15, -0.1) is 11.3 Å². The Balaban J connectivity index is 1.95. The fourth-order valence-electron chi connectivity index (χ4n) is 3.92. The number of carbonyl (C=O) groups is 1. The summed E-state index contributed by atoms with van der Waals surface area (Å²) in [5.41, 5.74) is 3.29. The second-order valence-electron chi connectivity index (χ2n) is 8.72. The second-order valence-corrected chi connectivity index (χ2v) is 9.71. The monoisotopic (exact) mass is 498 g/mol. The minimum atomic E-state index is -0.250. The van der Waals surface area contributed by atoms with Crippen molar-refractivity contribution in [1.82, 2.24) is 20.1 Å². The number of hydrogen-bond donors (Lipinski definition) is 1. The fraction of sp³-hybridized carbons (Fsp3) is 0.462. The summed E-state index contributed by atoms with van der Waals surface area (Å²) < 4.78 is 12.8. The molecule has 0 radical (unpaired) electrons. The van der Waals surface area contributed by atoms with Crippen molar-refractivity contribution in [2.24, 2.45) is 13.0 Å². The molecule has 8 nitrogen and oxygen atoms in total. The molecule has 0 fully saturated rings. The average Bonchev–Trinajstić information content (AvgIpc) is 3.18. The number of benzene rings is 1. The predicted octanol–water partition coefficient (Wildman–Crippen LogP) is 4.75. The molecule has 1 aromatic carbocycles. The van der Waals surface area contributed by atoms with Crippen LogP contribution in [-0.2, 0) is 7.05 Å². The van der Waals surface area contributed by atoms with E-state index in [4.69, 9.17) is 9.47 Å². The van der Waals surface area contributed by atoms with Crippen molar-refractivity contribution >= 4 is 17.2 Å². The lowest BCUT2D eigenvalue weighted by atomic mass is 9.95. The molecule has 1 unspecified atom stereocenters. The Labute approximate surface area is 210 Å². The maximum absolute atomic E-state index is 13.4. The molecule has 9 heteroatoms. The Bertz CT molecular complexity index is 1280. The number of rotatable bonds is 9. The fourth-order valence-corrected chi connectivity index (χ4v) is 4.98. The largest absolute Gasteiger partial charge is 0.490 e. The van der Waals surface area contributed by atoms with Crippen LogP contribution in [0, 0.1) is 26.7 Å². The summed E-state index contributed by atoms with van der Waals surface area (Å²) in [6.07, 6.45) is 0. The van der Waals surface area contributed by atoms with Crippen molar-refractivity contribution in [3.05, 3.63) is 55.9 Å². The first kappa shape index (κ1) is 26.4. The number of ether oxygens (including phenoxy) is 2. The van der Waals surface area contributed by atoms with Crippen LogP contribution < -0.4 is 20.3 Å². The van der Waals surface area contributed by atoms with Gasteiger partial charge in [0.25, 0.3) is 11.5 Å². The topological polar surface area (TPSA) is 95.3 Å². The summed E-state index contributed by atoms with van der Waals surface area (Å²) in [5, 5.41) is 7.93. The smallest absolute Gasteiger partial charge is 0.277 e. The number of aromatic nitrogens is 3. The second kappa shape index (κ2) is 11.0. The summed E-state index contributed by atoms with van der Waals surface area (Å²) in [6.45, 7) is 14.5. The van der Waals surface area contributed by atoms with E-state index in [1.54, 1.807) is 14.0 Å². The van der Waals surface area contributed by atoms with Crippen LogP contribution in [0.1, 0.15) is 65.9 Å². The Morgan fingerprint density at radius 3 is 2.37 bits per heavy atom. The predicted molar refractivity (Wildman–Crippen MR) is 139 cm³/mol. The molecule has 188 valence electrons. The zero-order valence-corrected chi connectivity index (χ0v) is 22.5. The van der Waals surface area contributed by atoms with Gasteiger partial charge in [0, 0.05) is 7.05 Å². The van der Waals surface area contributed by atoms with Crippen LogP contribution in [0.15, 0.2) is 23.0 Å². The SMILES string of the molecule is CCOc1ccc(C(NC(=O)c2sc(-c3c(C)c(C)nn(C)c3=O)nc2C)C(C)C)cc1OCC.